The molecule has 0 saturated carbocycles. The Bertz CT molecular complexity index is 1010. The molecule has 31 heavy (non-hydrogen) atoms. The summed E-state index contributed by atoms with van der Waals surface area (Å²) >= 11 is 0. The fourth-order valence-corrected chi connectivity index (χ4v) is 4.57. The van der Waals surface area contributed by atoms with Gasteiger partial charge in [0.2, 0.25) is 0 Å². The van der Waals surface area contributed by atoms with Crippen LogP contribution in [0.2, 0.25) is 0 Å². The van der Waals surface area contributed by atoms with Crippen molar-refractivity contribution in [2.24, 2.45) is 11.6 Å². The maximum absolute atomic E-state index is 12.1. The number of amides is 1. The van der Waals surface area contributed by atoms with Crippen LogP contribution in [0.15, 0.2) is 48.3 Å². The van der Waals surface area contributed by atoms with Crippen LogP contribution < -0.4 is 32.1 Å². The van der Waals surface area contributed by atoms with Crippen LogP contribution in [-0.4, -0.2) is 43.5 Å². The van der Waals surface area contributed by atoms with Crippen LogP contribution in [0.25, 0.3) is 11.1 Å². The maximum atomic E-state index is 12.1. The number of aliphatic hydroxyl groups excluding tert-OH is 1. The van der Waals surface area contributed by atoms with Gasteiger partial charge in [-0.3, -0.25) is 10.7 Å². The first kappa shape index (κ1) is 21.4. The molecule has 0 bridgehead atoms. The Balaban J connectivity index is 1.51. The smallest absolute Gasteiger partial charge is 0.414 e. The Labute approximate surface area is 184 Å². The minimum absolute atomic E-state index is 0.174. The number of hydrogen-bond donors (Lipinski definition) is 4. The number of cyclic esters (lactones) is 1. The van der Waals surface area contributed by atoms with Crippen LogP contribution >= 0.6 is 9.24 Å². The molecule has 2 aliphatic rings. The second-order valence-corrected chi connectivity index (χ2v) is 8.36. The van der Waals surface area contributed by atoms with E-state index in [1.165, 1.54) is 17.5 Å². The van der Waals surface area contributed by atoms with E-state index in [-0.39, 0.29) is 6.61 Å². The lowest BCUT2D eigenvalue weighted by molar-refractivity contribution is 0.0963. The Kier molecular flexibility index (Phi) is 6.32. The summed E-state index contributed by atoms with van der Waals surface area (Å²) in [7, 11) is 2.76. The number of carbonyl (C=O) groups excluding carboxylic acids is 1. The molecule has 2 aliphatic heterocycles. The molecule has 2 unspecified atom stereocenters. The molecule has 6 N–H and O–H groups in total. The van der Waals surface area contributed by atoms with Crippen molar-refractivity contribution < 1.29 is 14.6 Å². The zero-order valence-corrected chi connectivity index (χ0v) is 18.4. The number of rotatable bonds is 7. The summed E-state index contributed by atoms with van der Waals surface area (Å²) in [6.45, 7) is 2.00. The monoisotopic (exact) mass is 441 g/mol. The molecule has 0 aliphatic carbocycles. The van der Waals surface area contributed by atoms with E-state index in [4.69, 9.17) is 16.3 Å². The van der Waals surface area contributed by atoms with Crippen molar-refractivity contribution in [3.05, 3.63) is 53.9 Å². The van der Waals surface area contributed by atoms with Gasteiger partial charge in [-0.2, -0.15) is 0 Å². The van der Waals surface area contributed by atoms with Gasteiger partial charge in [-0.15, -0.1) is 9.24 Å². The van der Waals surface area contributed by atoms with Gasteiger partial charge in [-0.05, 0) is 52.7 Å². The quantitative estimate of drug-likeness (QED) is 0.290. The minimum atomic E-state index is -0.475. The molecule has 0 radical (unpaired) electrons. The van der Waals surface area contributed by atoms with Crippen molar-refractivity contribution in [1.29, 1.82) is 0 Å². The number of ether oxygens (including phenoxy) is 1. The molecular weight excluding hydrogens is 413 g/mol. The molecule has 2 heterocycles. The molecule has 0 aromatic heterocycles. The van der Waals surface area contributed by atoms with E-state index in [2.05, 4.69) is 37.8 Å². The summed E-state index contributed by atoms with van der Waals surface area (Å²) in [5, 5.41) is 10.2. The summed E-state index contributed by atoms with van der Waals surface area (Å²) in [4.78, 5) is 16.0. The van der Waals surface area contributed by atoms with Gasteiger partial charge in [0.25, 0.3) is 0 Å². The van der Waals surface area contributed by atoms with E-state index in [1.807, 2.05) is 18.2 Å². The van der Waals surface area contributed by atoms with E-state index in [0.717, 1.165) is 53.7 Å². The molecule has 1 amide bonds. The van der Waals surface area contributed by atoms with Gasteiger partial charge in [0.1, 0.15) is 6.10 Å². The zero-order valence-electron chi connectivity index (χ0n) is 17.3. The van der Waals surface area contributed by atoms with Gasteiger partial charge in [0.05, 0.1) is 13.2 Å². The SMILES string of the molecule is N/C=C(/CCN1CCc2cc(-c3ccc(N4CC(CO)OC4=O)cc3P)ccc21)NN. The second kappa shape index (κ2) is 9.14. The molecule has 2 aromatic rings. The highest BCUT2D eigenvalue weighted by Crippen LogP contribution is 2.33. The summed E-state index contributed by atoms with van der Waals surface area (Å²) < 4.78 is 5.15. The number of hydrazine groups is 1. The van der Waals surface area contributed by atoms with E-state index in [9.17, 15) is 9.90 Å². The van der Waals surface area contributed by atoms with Gasteiger partial charge < -0.3 is 25.9 Å². The van der Waals surface area contributed by atoms with Crippen LogP contribution in [0.5, 0.6) is 0 Å². The molecule has 0 spiro atoms. The molecule has 4 rings (SSSR count). The molecular formula is C22H28N5O3P. The Hall–Kier alpha value is -2.80. The number of nitrogens with two attached hydrogens (primary N) is 2. The Morgan fingerprint density at radius 3 is 2.84 bits per heavy atom. The summed E-state index contributed by atoms with van der Waals surface area (Å²) in [5.41, 5.74) is 14.6. The minimum Gasteiger partial charge on any atom is -0.441 e. The number of nitrogens with one attached hydrogen (secondary N) is 1. The largest absolute Gasteiger partial charge is 0.441 e. The topological polar surface area (TPSA) is 117 Å². The van der Waals surface area contributed by atoms with Crippen molar-refractivity contribution in [2.75, 3.05) is 36.0 Å². The van der Waals surface area contributed by atoms with Crippen LogP contribution in [-0.2, 0) is 11.2 Å². The first-order valence-corrected chi connectivity index (χ1v) is 10.9. The molecule has 2 aromatic carbocycles. The van der Waals surface area contributed by atoms with E-state index < -0.39 is 12.2 Å². The standard InChI is InChI=1S/C22H28N5O3P/c23-11-16(25-24)6-8-26-7-5-15-9-14(1-4-20(15)26)19-3-2-17(10-21(19)31)27-12-18(13-28)30-22(27)29/h1-4,9-11,18,25,28H,5-8,12-13,23-24,31H2/b16-11-. The number of fused-ring (bicyclic) bond motifs is 1. The molecule has 1 saturated heterocycles. The third kappa shape index (κ3) is 4.32. The van der Waals surface area contributed by atoms with Crippen LogP contribution in [0.4, 0.5) is 16.2 Å². The first-order chi connectivity index (χ1) is 15.0. The van der Waals surface area contributed by atoms with Crippen LogP contribution in [0.3, 0.4) is 0 Å². The molecule has 8 nitrogen and oxygen atoms in total. The summed E-state index contributed by atoms with van der Waals surface area (Å²) in [6, 6.07) is 12.4. The highest BCUT2D eigenvalue weighted by Gasteiger charge is 2.32. The third-order valence-corrected chi connectivity index (χ3v) is 6.32. The lowest BCUT2D eigenvalue weighted by atomic mass is 10.0. The maximum Gasteiger partial charge on any atom is 0.414 e. The number of aliphatic hydroxyl groups is 1. The predicted octanol–water partition coefficient (Wildman–Crippen LogP) is 1.19. The fraction of sp³-hybridized carbons (Fsp3) is 0.318. The number of carbonyl (C=O) groups is 1. The average molecular weight is 441 g/mol. The molecule has 1 fully saturated rings. The average Bonchev–Trinajstić information content (AvgIpc) is 3.37. The van der Waals surface area contributed by atoms with Crippen molar-refractivity contribution in [3.8, 4) is 11.1 Å². The molecule has 9 heteroatoms. The van der Waals surface area contributed by atoms with Gasteiger partial charge in [-0.25, -0.2) is 4.79 Å². The van der Waals surface area contributed by atoms with Crippen molar-refractivity contribution in [3.63, 3.8) is 0 Å². The zero-order chi connectivity index (χ0) is 22.0. The lowest BCUT2D eigenvalue weighted by Gasteiger charge is -2.20. The highest BCUT2D eigenvalue weighted by molar-refractivity contribution is 7.28. The third-order valence-electron chi connectivity index (χ3n) is 5.84. The van der Waals surface area contributed by atoms with Crippen molar-refractivity contribution >= 4 is 32.0 Å². The number of anilines is 2. The van der Waals surface area contributed by atoms with Crippen molar-refractivity contribution in [1.82, 2.24) is 5.43 Å². The Morgan fingerprint density at radius 1 is 1.32 bits per heavy atom. The number of nitrogens with zero attached hydrogens (tertiary/aromatic N) is 2. The lowest BCUT2D eigenvalue weighted by Crippen LogP contribution is -2.28. The number of hydrogen-bond acceptors (Lipinski definition) is 7. The predicted molar refractivity (Wildman–Crippen MR) is 126 cm³/mol. The van der Waals surface area contributed by atoms with Gasteiger partial charge in [0, 0.05) is 42.8 Å². The summed E-state index contributed by atoms with van der Waals surface area (Å²) in [5.74, 6) is 5.47. The van der Waals surface area contributed by atoms with E-state index in [1.54, 1.807) is 4.90 Å². The van der Waals surface area contributed by atoms with Gasteiger partial charge in [-0.1, -0.05) is 12.1 Å². The highest BCUT2D eigenvalue weighted by atomic mass is 31.0. The number of benzene rings is 2. The van der Waals surface area contributed by atoms with Crippen LogP contribution in [0, 0.1) is 0 Å². The molecule has 164 valence electrons. The summed E-state index contributed by atoms with van der Waals surface area (Å²) in [6.07, 6.45) is 2.37. The second-order valence-electron chi connectivity index (χ2n) is 7.74. The Morgan fingerprint density at radius 2 is 2.16 bits per heavy atom. The first-order valence-electron chi connectivity index (χ1n) is 10.3. The van der Waals surface area contributed by atoms with Crippen LogP contribution in [0.1, 0.15) is 12.0 Å². The van der Waals surface area contributed by atoms with E-state index >= 15 is 0 Å². The molecule has 2 atom stereocenters. The van der Waals surface area contributed by atoms with Crippen molar-refractivity contribution in [2.45, 2.75) is 18.9 Å². The van der Waals surface area contributed by atoms with Gasteiger partial charge >= 0.3 is 6.09 Å². The normalized spacial score (nSPS) is 18.4. The van der Waals surface area contributed by atoms with Gasteiger partial charge in [0.15, 0.2) is 0 Å². The van der Waals surface area contributed by atoms with E-state index in [0.29, 0.717) is 6.54 Å². The fourth-order valence-electron chi connectivity index (χ4n) is 4.14.